The molecule has 0 amide bonds. The quantitative estimate of drug-likeness (QED) is 0.588. The fourth-order valence-corrected chi connectivity index (χ4v) is 5.50. The number of hydrogen-bond donors (Lipinski definition) is 0. The first-order valence-corrected chi connectivity index (χ1v) is 10.5. The van der Waals surface area contributed by atoms with Gasteiger partial charge in [-0.3, -0.25) is 4.98 Å². The lowest BCUT2D eigenvalue weighted by Gasteiger charge is -2.58. The van der Waals surface area contributed by atoms with Crippen molar-refractivity contribution in [3.63, 3.8) is 0 Å². The molecule has 0 saturated heterocycles. The van der Waals surface area contributed by atoms with Crippen LogP contribution in [0.25, 0.3) is 0 Å². The smallest absolute Gasteiger partial charge is 0.178 e. The van der Waals surface area contributed by atoms with Gasteiger partial charge in [0.2, 0.25) is 0 Å². The molecule has 0 fully saturated rings. The van der Waals surface area contributed by atoms with Gasteiger partial charge in [-0.05, 0) is 36.6 Å². The van der Waals surface area contributed by atoms with E-state index in [-0.39, 0.29) is 17.0 Å². The van der Waals surface area contributed by atoms with Gasteiger partial charge in [0.25, 0.3) is 0 Å². The van der Waals surface area contributed by atoms with E-state index < -0.39 is 0 Å². The Kier molecular flexibility index (Phi) is 3.92. The summed E-state index contributed by atoms with van der Waals surface area (Å²) in [6.07, 6.45) is 9.50. The Bertz CT molecular complexity index is 1050. The molecule has 2 aliphatic rings. The van der Waals surface area contributed by atoms with Crippen LogP contribution in [0.2, 0.25) is 0 Å². The maximum absolute atomic E-state index is 4.80. The Morgan fingerprint density at radius 3 is 2.14 bits per heavy atom. The third-order valence-electron chi connectivity index (χ3n) is 7.58. The predicted octanol–water partition coefficient (Wildman–Crippen LogP) is 5.59. The average Bonchev–Trinajstić information content (AvgIpc) is 3.14. The zero-order valence-electron chi connectivity index (χ0n) is 17.5. The van der Waals surface area contributed by atoms with Crippen LogP contribution < -0.4 is 9.80 Å². The van der Waals surface area contributed by atoms with Crippen LogP contribution in [0.4, 0.5) is 23.0 Å². The van der Waals surface area contributed by atoms with Crippen molar-refractivity contribution in [1.82, 2.24) is 15.0 Å². The number of fused-ring (bicyclic) bond motifs is 5. The summed E-state index contributed by atoms with van der Waals surface area (Å²) in [4.78, 5) is 18.6. The summed E-state index contributed by atoms with van der Waals surface area (Å²) in [5.74, 6) is 1.85. The number of rotatable bonds is 3. The van der Waals surface area contributed by atoms with Gasteiger partial charge in [-0.1, -0.05) is 45.9 Å². The fraction of sp³-hybridized carbons (Fsp3) is 0.375. The highest BCUT2D eigenvalue weighted by Gasteiger charge is 2.61. The molecule has 0 radical (unpaired) electrons. The molecule has 148 valence electrons. The van der Waals surface area contributed by atoms with Crippen LogP contribution >= 0.6 is 0 Å². The van der Waals surface area contributed by atoms with Crippen LogP contribution in [-0.2, 0) is 5.41 Å². The first kappa shape index (κ1) is 18.1. The van der Waals surface area contributed by atoms with Crippen molar-refractivity contribution in [2.75, 3.05) is 9.80 Å². The van der Waals surface area contributed by atoms with Gasteiger partial charge in [0.1, 0.15) is 6.17 Å². The highest BCUT2D eigenvalue weighted by molar-refractivity contribution is 5.86. The Hall–Kier alpha value is -2.95. The minimum Gasteiger partial charge on any atom is -0.301 e. The summed E-state index contributed by atoms with van der Waals surface area (Å²) in [6, 6.07) is 13.0. The maximum Gasteiger partial charge on any atom is 0.178 e. The maximum atomic E-state index is 4.80. The molecule has 3 atom stereocenters. The van der Waals surface area contributed by atoms with Crippen LogP contribution in [0.5, 0.6) is 0 Å². The molecule has 4 heterocycles. The summed E-state index contributed by atoms with van der Waals surface area (Å²) in [7, 11) is 0. The van der Waals surface area contributed by atoms with E-state index in [0.717, 1.165) is 30.2 Å². The molecular weight excluding hydrogens is 358 g/mol. The monoisotopic (exact) mass is 385 g/mol. The highest BCUT2D eigenvalue weighted by atomic mass is 15.5. The van der Waals surface area contributed by atoms with Crippen LogP contribution in [0, 0.1) is 5.41 Å². The van der Waals surface area contributed by atoms with Gasteiger partial charge in [0.05, 0.1) is 0 Å². The molecule has 1 aromatic carbocycles. The van der Waals surface area contributed by atoms with E-state index in [4.69, 9.17) is 9.97 Å². The molecule has 2 aromatic heterocycles. The Morgan fingerprint density at radius 2 is 1.48 bits per heavy atom. The second kappa shape index (κ2) is 6.28. The number of para-hydroxylation sites is 1. The van der Waals surface area contributed by atoms with E-state index in [1.165, 1.54) is 11.3 Å². The van der Waals surface area contributed by atoms with E-state index in [0.29, 0.717) is 0 Å². The number of benzene rings is 1. The Balaban J connectivity index is 1.86. The van der Waals surface area contributed by atoms with Crippen molar-refractivity contribution < 1.29 is 0 Å². The third-order valence-corrected chi connectivity index (χ3v) is 7.58. The van der Waals surface area contributed by atoms with E-state index >= 15 is 0 Å². The summed E-state index contributed by atoms with van der Waals surface area (Å²) in [5, 5.41) is 0. The van der Waals surface area contributed by atoms with Gasteiger partial charge in [0, 0.05) is 47.0 Å². The molecule has 29 heavy (non-hydrogen) atoms. The van der Waals surface area contributed by atoms with E-state index in [2.05, 4.69) is 78.9 Å². The third kappa shape index (κ3) is 2.18. The molecule has 0 saturated carbocycles. The second-order valence-electron chi connectivity index (χ2n) is 8.50. The van der Waals surface area contributed by atoms with Crippen LogP contribution in [0.3, 0.4) is 0 Å². The molecule has 0 bridgehead atoms. The van der Waals surface area contributed by atoms with Crippen molar-refractivity contribution in [1.29, 1.82) is 0 Å². The normalized spacial score (nSPS) is 27.4. The topological polar surface area (TPSA) is 45.2 Å². The number of anilines is 4. The molecule has 0 aliphatic carbocycles. The average molecular weight is 386 g/mol. The highest BCUT2D eigenvalue weighted by Crippen LogP contribution is 2.63. The predicted molar refractivity (Wildman–Crippen MR) is 117 cm³/mol. The molecule has 5 heteroatoms. The lowest BCUT2D eigenvalue weighted by atomic mass is 9.55. The molecule has 3 unspecified atom stereocenters. The largest absolute Gasteiger partial charge is 0.301 e. The number of aromatic nitrogens is 3. The SMILES string of the molecule is CCC1(C)c2ccccc2N2c3nccnc3N(c3ccncc3)C2C1(C)CC. The van der Waals surface area contributed by atoms with Crippen molar-refractivity contribution in [2.45, 2.75) is 52.1 Å². The first-order valence-electron chi connectivity index (χ1n) is 10.5. The lowest BCUT2D eigenvalue weighted by Crippen LogP contribution is -2.62. The number of pyridine rings is 1. The zero-order valence-corrected chi connectivity index (χ0v) is 17.5. The summed E-state index contributed by atoms with van der Waals surface area (Å²) in [5.41, 5.74) is 3.74. The van der Waals surface area contributed by atoms with Crippen LogP contribution in [0.15, 0.2) is 61.2 Å². The summed E-state index contributed by atoms with van der Waals surface area (Å²) >= 11 is 0. The Labute approximate surface area is 172 Å². The number of hydrogen-bond acceptors (Lipinski definition) is 5. The molecule has 5 nitrogen and oxygen atoms in total. The lowest BCUT2D eigenvalue weighted by molar-refractivity contribution is 0.0963. The van der Waals surface area contributed by atoms with Gasteiger partial charge in [-0.15, -0.1) is 0 Å². The minimum absolute atomic E-state index is 0.0207. The second-order valence-corrected chi connectivity index (χ2v) is 8.50. The summed E-state index contributed by atoms with van der Waals surface area (Å²) < 4.78 is 0. The molecule has 2 aliphatic heterocycles. The van der Waals surface area contributed by atoms with Gasteiger partial charge >= 0.3 is 0 Å². The van der Waals surface area contributed by atoms with Crippen molar-refractivity contribution >= 4 is 23.0 Å². The van der Waals surface area contributed by atoms with Crippen LogP contribution in [-0.4, -0.2) is 21.1 Å². The number of nitrogens with zero attached hydrogens (tertiary/aromatic N) is 5. The van der Waals surface area contributed by atoms with E-state index in [1.807, 2.05) is 12.4 Å². The molecular formula is C24H27N5. The fourth-order valence-electron chi connectivity index (χ4n) is 5.50. The van der Waals surface area contributed by atoms with Crippen LogP contribution in [0.1, 0.15) is 46.1 Å². The molecule has 3 aromatic rings. The molecule has 0 N–H and O–H groups in total. The van der Waals surface area contributed by atoms with Gasteiger partial charge in [0.15, 0.2) is 11.6 Å². The van der Waals surface area contributed by atoms with Gasteiger partial charge in [-0.2, -0.15) is 0 Å². The first-order chi connectivity index (χ1) is 14.1. The van der Waals surface area contributed by atoms with Crippen molar-refractivity contribution in [3.05, 3.63) is 66.7 Å². The minimum atomic E-state index is -0.0260. The molecule has 0 spiro atoms. The van der Waals surface area contributed by atoms with Gasteiger partial charge in [-0.25, -0.2) is 9.97 Å². The Morgan fingerprint density at radius 1 is 0.828 bits per heavy atom. The van der Waals surface area contributed by atoms with Crippen molar-refractivity contribution in [2.24, 2.45) is 5.41 Å². The van der Waals surface area contributed by atoms with Gasteiger partial charge < -0.3 is 9.80 Å². The standard InChI is InChI=1S/C24H27N5/c1-5-23(3)18-9-7-8-10-19(18)29-21-20(26-15-16-27-21)28(17-11-13-25-14-12-17)22(29)24(23,4)6-2/h7-16,22H,5-6H2,1-4H3. The van der Waals surface area contributed by atoms with E-state index in [9.17, 15) is 0 Å². The molecule has 5 rings (SSSR count). The summed E-state index contributed by atoms with van der Waals surface area (Å²) in [6.45, 7) is 9.50. The van der Waals surface area contributed by atoms with E-state index in [1.54, 1.807) is 12.4 Å². The zero-order chi connectivity index (χ0) is 20.2. The van der Waals surface area contributed by atoms with Crippen molar-refractivity contribution in [3.8, 4) is 0 Å².